The molecule has 1 radical (unpaired) electrons. The maximum atomic E-state index is 3.78. The van der Waals surface area contributed by atoms with E-state index in [1.54, 1.807) is 43.8 Å². The third-order valence-corrected chi connectivity index (χ3v) is 9.55. The molecule has 2 heteroatoms. The van der Waals surface area contributed by atoms with Crippen molar-refractivity contribution in [3.63, 3.8) is 0 Å². The minimum absolute atomic E-state index is 0.0687. The van der Waals surface area contributed by atoms with Gasteiger partial charge in [-0.3, -0.25) is 0 Å². The highest BCUT2D eigenvalue weighted by molar-refractivity contribution is 9.09. The Morgan fingerprint density at radius 3 is 2.00 bits per heavy atom. The summed E-state index contributed by atoms with van der Waals surface area (Å²) in [6.45, 7) is 4.77. The van der Waals surface area contributed by atoms with Crippen molar-refractivity contribution in [3.05, 3.63) is 0 Å². The summed E-state index contributed by atoms with van der Waals surface area (Å²) in [4.78, 5) is 0.833. The Bertz CT molecular complexity index is 250. The number of rotatable bonds is 6. The highest BCUT2D eigenvalue weighted by Crippen LogP contribution is 2.36. The van der Waals surface area contributed by atoms with E-state index in [-0.39, 0.29) is 8.80 Å². The van der Waals surface area contributed by atoms with Gasteiger partial charge in [0, 0.05) is 13.6 Å². The molecule has 2 aliphatic rings. The standard InChI is InChI=1S/C18H34BrSi/c1-15(2)9-12-20-13-10-17(11-14-20)4-3-16-5-7-18(19)8-6-16/h15-18H,3-14H2,1-2H3. The molecule has 0 nitrogen and oxygen atoms in total. The van der Waals surface area contributed by atoms with Crippen LogP contribution in [-0.2, 0) is 0 Å². The largest absolute Gasteiger partial charge is 0.0891 e. The number of alkyl halides is 1. The van der Waals surface area contributed by atoms with Crippen LogP contribution in [0.15, 0.2) is 0 Å². The lowest BCUT2D eigenvalue weighted by atomic mass is 9.83. The molecule has 0 aromatic rings. The molecule has 117 valence electrons. The van der Waals surface area contributed by atoms with Gasteiger partial charge in [-0.15, -0.1) is 0 Å². The SMILES string of the molecule is CC(C)CC[Si]1CCC(CCC2CCC(Br)CC2)CC1. The summed E-state index contributed by atoms with van der Waals surface area (Å²) in [5, 5.41) is 0. The van der Waals surface area contributed by atoms with Gasteiger partial charge in [0.15, 0.2) is 0 Å². The molecule has 0 aromatic heterocycles. The Kier molecular flexibility index (Phi) is 7.66. The van der Waals surface area contributed by atoms with Crippen LogP contribution in [0.1, 0.15) is 71.6 Å². The van der Waals surface area contributed by atoms with Crippen LogP contribution in [0, 0.1) is 17.8 Å². The van der Waals surface area contributed by atoms with Crippen molar-refractivity contribution < 1.29 is 0 Å². The van der Waals surface area contributed by atoms with Gasteiger partial charge in [-0.05, 0) is 43.4 Å². The molecule has 1 saturated heterocycles. The van der Waals surface area contributed by atoms with Crippen molar-refractivity contribution in [2.45, 2.75) is 94.6 Å². The summed E-state index contributed by atoms with van der Waals surface area (Å²) in [7, 11) is 0.0687. The summed E-state index contributed by atoms with van der Waals surface area (Å²) >= 11 is 3.78. The van der Waals surface area contributed by atoms with Gasteiger partial charge in [0.1, 0.15) is 0 Å². The first-order valence-electron chi connectivity index (χ1n) is 9.11. The molecule has 0 unspecified atom stereocenters. The lowest BCUT2D eigenvalue weighted by molar-refractivity contribution is 0.304. The Morgan fingerprint density at radius 2 is 1.45 bits per heavy atom. The average Bonchev–Trinajstić information content (AvgIpc) is 2.45. The maximum Gasteiger partial charge on any atom is 0.0479 e. The molecule has 1 saturated carbocycles. The van der Waals surface area contributed by atoms with Crippen LogP contribution in [0.4, 0.5) is 0 Å². The van der Waals surface area contributed by atoms with E-state index >= 15 is 0 Å². The second-order valence-corrected chi connectivity index (χ2v) is 12.1. The van der Waals surface area contributed by atoms with Crippen LogP contribution in [0.3, 0.4) is 0 Å². The van der Waals surface area contributed by atoms with Crippen LogP contribution in [0.25, 0.3) is 0 Å². The van der Waals surface area contributed by atoms with Gasteiger partial charge in [-0.2, -0.15) is 0 Å². The predicted octanol–water partition coefficient (Wildman–Crippen LogP) is 6.67. The Labute approximate surface area is 137 Å². The molecular formula is C18H34BrSi. The fraction of sp³-hybridized carbons (Fsp3) is 1.00. The summed E-state index contributed by atoms with van der Waals surface area (Å²) in [5.41, 5.74) is 0. The van der Waals surface area contributed by atoms with Crippen LogP contribution >= 0.6 is 15.9 Å². The average molecular weight is 358 g/mol. The smallest absolute Gasteiger partial charge is 0.0479 e. The summed E-state index contributed by atoms with van der Waals surface area (Å²) < 4.78 is 0. The zero-order valence-corrected chi connectivity index (χ0v) is 16.3. The molecular weight excluding hydrogens is 324 g/mol. The van der Waals surface area contributed by atoms with E-state index in [2.05, 4.69) is 29.8 Å². The monoisotopic (exact) mass is 357 g/mol. The van der Waals surface area contributed by atoms with Gasteiger partial charge in [0.2, 0.25) is 0 Å². The maximum absolute atomic E-state index is 3.78. The van der Waals surface area contributed by atoms with E-state index in [4.69, 9.17) is 0 Å². The second-order valence-electron chi connectivity index (χ2n) is 7.82. The van der Waals surface area contributed by atoms with Gasteiger partial charge >= 0.3 is 0 Å². The third kappa shape index (κ3) is 6.21. The fourth-order valence-electron chi connectivity index (χ4n) is 4.00. The molecule has 0 bridgehead atoms. The highest BCUT2D eigenvalue weighted by atomic mass is 79.9. The molecule has 2 fully saturated rings. The van der Waals surface area contributed by atoms with Crippen molar-refractivity contribution in [1.82, 2.24) is 0 Å². The zero-order chi connectivity index (χ0) is 14.4. The molecule has 0 amide bonds. The summed E-state index contributed by atoms with van der Waals surface area (Å²) in [6.07, 6.45) is 13.6. The van der Waals surface area contributed by atoms with E-state index in [1.807, 2.05) is 0 Å². The fourth-order valence-corrected chi connectivity index (χ4v) is 7.90. The van der Waals surface area contributed by atoms with E-state index in [0.29, 0.717) is 0 Å². The minimum atomic E-state index is 0.0687. The molecule has 0 atom stereocenters. The first-order valence-corrected chi connectivity index (χ1v) is 12.1. The van der Waals surface area contributed by atoms with Gasteiger partial charge < -0.3 is 0 Å². The molecule has 0 N–H and O–H groups in total. The number of hydrogen-bond acceptors (Lipinski definition) is 0. The van der Waals surface area contributed by atoms with Gasteiger partial charge in [-0.25, -0.2) is 0 Å². The summed E-state index contributed by atoms with van der Waals surface area (Å²) in [6, 6.07) is 4.87. The lowest BCUT2D eigenvalue weighted by Crippen LogP contribution is -2.22. The van der Waals surface area contributed by atoms with Crippen LogP contribution < -0.4 is 0 Å². The van der Waals surface area contributed by atoms with Gasteiger partial charge in [0.25, 0.3) is 0 Å². The molecule has 0 spiro atoms. The Balaban J connectivity index is 1.55. The quantitative estimate of drug-likeness (QED) is 0.367. The Morgan fingerprint density at radius 1 is 0.900 bits per heavy atom. The number of hydrogen-bond donors (Lipinski definition) is 0. The van der Waals surface area contributed by atoms with Crippen molar-refractivity contribution in [2.24, 2.45) is 17.8 Å². The lowest BCUT2D eigenvalue weighted by Gasteiger charge is -2.30. The second kappa shape index (κ2) is 8.98. The van der Waals surface area contributed by atoms with Crippen molar-refractivity contribution in [2.75, 3.05) is 0 Å². The zero-order valence-electron chi connectivity index (χ0n) is 13.7. The molecule has 2 rings (SSSR count). The molecule has 0 aromatic carbocycles. The summed E-state index contributed by atoms with van der Waals surface area (Å²) in [5.74, 6) is 3.09. The van der Waals surface area contributed by atoms with Crippen molar-refractivity contribution in [3.8, 4) is 0 Å². The molecule has 1 heterocycles. The van der Waals surface area contributed by atoms with Crippen LogP contribution in [0.5, 0.6) is 0 Å². The molecule has 1 aliphatic heterocycles. The normalized spacial score (nSPS) is 30.0. The van der Waals surface area contributed by atoms with E-state index < -0.39 is 0 Å². The number of halogens is 1. The predicted molar refractivity (Wildman–Crippen MR) is 96.3 cm³/mol. The van der Waals surface area contributed by atoms with Gasteiger partial charge in [-0.1, -0.05) is 80.0 Å². The third-order valence-electron chi connectivity index (χ3n) is 5.65. The minimum Gasteiger partial charge on any atom is -0.0891 e. The van der Waals surface area contributed by atoms with E-state index in [0.717, 1.165) is 22.6 Å². The van der Waals surface area contributed by atoms with Crippen LogP contribution in [0.2, 0.25) is 18.1 Å². The molecule has 1 aliphatic carbocycles. The Hall–Kier alpha value is 0.697. The molecule has 20 heavy (non-hydrogen) atoms. The van der Waals surface area contributed by atoms with Crippen molar-refractivity contribution >= 4 is 24.7 Å². The van der Waals surface area contributed by atoms with Gasteiger partial charge in [0.05, 0.1) is 0 Å². The first kappa shape index (κ1) is 17.1. The first-order chi connectivity index (χ1) is 9.63. The van der Waals surface area contributed by atoms with Crippen LogP contribution in [-0.4, -0.2) is 13.6 Å². The van der Waals surface area contributed by atoms with Crippen molar-refractivity contribution in [1.29, 1.82) is 0 Å². The topological polar surface area (TPSA) is 0 Å². The van der Waals surface area contributed by atoms with E-state index in [9.17, 15) is 0 Å². The highest BCUT2D eigenvalue weighted by Gasteiger charge is 2.24. The van der Waals surface area contributed by atoms with E-state index in [1.165, 1.54) is 32.1 Å².